The third-order valence-electron chi connectivity index (χ3n) is 4.01. The molecule has 1 heterocycles. The van der Waals surface area contributed by atoms with Gasteiger partial charge in [-0.15, -0.1) is 10.2 Å². The fourth-order valence-electron chi connectivity index (χ4n) is 2.83. The van der Waals surface area contributed by atoms with Crippen molar-refractivity contribution in [2.45, 2.75) is 31.9 Å². The molecule has 0 saturated carbocycles. The average molecular weight is 382 g/mol. The summed E-state index contributed by atoms with van der Waals surface area (Å²) in [5, 5.41) is 11.4. The van der Waals surface area contributed by atoms with Crippen molar-refractivity contribution in [1.82, 2.24) is 15.5 Å². The third-order valence-corrected chi connectivity index (χ3v) is 4.83. The van der Waals surface area contributed by atoms with Crippen LogP contribution >= 0.6 is 11.8 Å². The Balaban J connectivity index is 1.42. The van der Waals surface area contributed by atoms with Crippen LogP contribution in [0.25, 0.3) is 11.5 Å². The number of carbonyl (C=O) groups excluding carboxylic acids is 1. The molecule has 0 unspecified atom stereocenters. The molecule has 2 aromatic carbocycles. The number of hydrogen-bond acceptors (Lipinski definition) is 5. The lowest BCUT2D eigenvalue weighted by Crippen LogP contribution is -2.26. The Kier molecular flexibility index (Phi) is 6.65. The monoisotopic (exact) mass is 381 g/mol. The van der Waals surface area contributed by atoms with Gasteiger partial charge in [-0.2, -0.15) is 0 Å². The molecule has 0 bridgehead atoms. The number of carbonyl (C=O) groups is 1. The molecule has 0 atom stereocenters. The van der Waals surface area contributed by atoms with Gasteiger partial charge in [-0.3, -0.25) is 4.79 Å². The number of aryl methyl sites for hydroxylation is 3. The van der Waals surface area contributed by atoms with Gasteiger partial charge in [0.2, 0.25) is 11.8 Å². The van der Waals surface area contributed by atoms with E-state index < -0.39 is 0 Å². The standard InChI is InChI=1S/C21H23N3O2S/c1-15-11-16(2)13-18(12-15)20-23-24-21(26-20)27-14-19(25)22-10-6-9-17-7-4-3-5-8-17/h3-5,7-8,11-13H,6,9-10,14H2,1-2H3,(H,22,25). The summed E-state index contributed by atoms with van der Waals surface area (Å²) in [6, 6.07) is 16.4. The van der Waals surface area contributed by atoms with E-state index in [0.717, 1.165) is 29.5 Å². The van der Waals surface area contributed by atoms with E-state index in [1.165, 1.54) is 17.3 Å². The lowest BCUT2D eigenvalue weighted by Gasteiger charge is -2.04. The number of amides is 1. The number of benzene rings is 2. The zero-order valence-corrected chi connectivity index (χ0v) is 16.4. The van der Waals surface area contributed by atoms with Gasteiger partial charge in [0, 0.05) is 12.1 Å². The van der Waals surface area contributed by atoms with E-state index in [1.807, 2.05) is 44.2 Å². The van der Waals surface area contributed by atoms with Crippen molar-refractivity contribution in [2.24, 2.45) is 0 Å². The maximum Gasteiger partial charge on any atom is 0.277 e. The van der Waals surface area contributed by atoms with Gasteiger partial charge in [-0.05, 0) is 44.4 Å². The molecule has 27 heavy (non-hydrogen) atoms. The van der Waals surface area contributed by atoms with E-state index in [-0.39, 0.29) is 11.7 Å². The van der Waals surface area contributed by atoms with Gasteiger partial charge >= 0.3 is 0 Å². The van der Waals surface area contributed by atoms with Crippen LogP contribution in [-0.4, -0.2) is 28.4 Å². The SMILES string of the molecule is Cc1cc(C)cc(-c2nnc(SCC(=O)NCCCc3ccccc3)o2)c1. The smallest absolute Gasteiger partial charge is 0.277 e. The largest absolute Gasteiger partial charge is 0.411 e. The second kappa shape index (κ2) is 9.37. The molecule has 0 aliphatic carbocycles. The van der Waals surface area contributed by atoms with Crippen LogP contribution in [0.5, 0.6) is 0 Å². The Bertz CT molecular complexity index is 873. The van der Waals surface area contributed by atoms with Crippen molar-refractivity contribution in [1.29, 1.82) is 0 Å². The van der Waals surface area contributed by atoms with E-state index in [2.05, 4.69) is 33.7 Å². The van der Waals surface area contributed by atoms with Crippen LogP contribution in [0.2, 0.25) is 0 Å². The molecule has 0 spiro atoms. The van der Waals surface area contributed by atoms with E-state index in [1.54, 1.807) is 0 Å². The predicted molar refractivity (Wildman–Crippen MR) is 108 cm³/mol. The molecule has 1 aromatic heterocycles. The minimum absolute atomic E-state index is 0.0285. The second-order valence-electron chi connectivity index (χ2n) is 6.48. The van der Waals surface area contributed by atoms with Crippen LogP contribution in [0, 0.1) is 13.8 Å². The van der Waals surface area contributed by atoms with Crippen molar-refractivity contribution in [2.75, 3.05) is 12.3 Å². The summed E-state index contributed by atoms with van der Waals surface area (Å²) >= 11 is 1.25. The summed E-state index contributed by atoms with van der Waals surface area (Å²) in [6.45, 7) is 4.72. The number of nitrogens with zero attached hydrogens (tertiary/aromatic N) is 2. The maximum absolute atomic E-state index is 12.0. The lowest BCUT2D eigenvalue weighted by molar-refractivity contribution is -0.118. The minimum atomic E-state index is -0.0285. The van der Waals surface area contributed by atoms with Crippen molar-refractivity contribution >= 4 is 17.7 Å². The third kappa shape index (κ3) is 5.96. The molecule has 3 rings (SSSR count). The summed E-state index contributed by atoms with van der Waals surface area (Å²) in [6.07, 6.45) is 1.87. The first-order valence-electron chi connectivity index (χ1n) is 8.96. The lowest BCUT2D eigenvalue weighted by atomic mass is 10.1. The molecule has 0 radical (unpaired) electrons. The van der Waals surface area contributed by atoms with Gasteiger partial charge < -0.3 is 9.73 Å². The second-order valence-corrected chi connectivity index (χ2v) is 7.40. The molecule has 0 fully saturated rings. The van der Waals surface area contributed by atoms with Gasteiger partial charge in [0.15, 0.2) is 0 Å². The Morgan fingerprint density at radius 3 is 2.56 bits per heavy atom. The van der Waals surface area contributed by atoms with Gasteiger partial charge in [0.05, 0.1) is 5.75 Å². The number of rotatable bonds is 8. The van der Waals surface area contributed by atoms with E-state index >= 15 is 0 Å². The average Bonchev–Trinajstić information content (AvgIpc) is 3.13. The van der Waals surface area contributed by atoms with Crippen LogP contribution in [0.1, 0.15) is 23.1 Å². The molecule has 0 aliphatic rings. The van der Waals surface area contributed by atoms with Gasteiger partial charge in [0.25, 0.3) is 5.22 Å². The molecule has 1 amide bonds. The Morgan fingerprint density at radius 2 is 1.81 bits per heavy atom. The predicted octanol–water partition coefficient (Wildman–Crippen LogP) is 4.19. The molecular weight excluding hydrogens is 358 g/mol. The van der Waals surface area contributed by atoms with Gasteiger partial charge in [-0.1, -0.05) is 59.3 Å². The molecule has 140 valence electrons. The quantitative estimate of drug-likeness (QED) is 0.468. The number of aromatic nitrogens is 2. The highest BCUT2D eigenvalue weighted by Crippen LogP contribution is 2.24. The zero-order chi connectivity index (χ0) is 19.1. The van der Waals surface area contributed by atoms with Crippen molar-refractivity contribution in [3.05, 3.63) is 65.2 Å². The first kappa shape index (κ1) is 19.2. The van der Waals surface area contributed by atoms with E-state index in [4.69, 9.17) is 4.42 Å². The van der Waals surface area contributed by atoms with Gasteiger partial charge in [-0.25, -0.2) is 0 Å². The molecule has 5 nitrogen and oxygen atoms in total. The highest BCUT2D eigenvalue weighted by Gasteiger charge is 2.11. The van der Waals surface area contributed by atoms with Crippen LogP contribution in [0.15, 0.2) is 58.2 Å². The number of thioether (sulfide) groups is 1. The topological polar surface area (TPSA) is 68.0 Å². The van der Waals surface area contributed by atoms with Crippen molar-refractivity contribution < 1.29 is 9.21 Å². The van der Waals surface area contributed by atoms with Gasteiger partial charge in [0.1, 0.15) is 0 Å². The van der Waals surface area contributed by atoms with E-state index in [0.29, 0.717) is 17.7 Å². The zero-order valence-electron chi connectivity index (χ0n) is 15.6. The van der Waals surface area contributed by atoms with Crippen LogP contribution in [-0.2, 0) is 11.2 Å². The molecule has 6 heteroatoms. The summed E-state index contributed by atoms with van der Waals surface area (Å²) in [5.74, 6) is 0.714. The summed E-state index contributed by atoms with van der Waals surface area (Å²) in [4.78, 5) is 12.0. The number of nitrogens with one attached hydrogen (secondary N) is 1. The van der Waals surface area contributed by atoms with Crippen LogP contribution in [0.4, 0.5) is 0 Å². The molecule has 0 saturated heterocycles. The summed E-state index contributed by atoms with van der Waals surface area (Å²) in [7, 11) is 0. The first-order valence-corrected chi connectivity index (χ1v) is 9.94. The molecular formula is C21H23N3O2S. The molecule has 0 aliphatic heterocycles. The van der Waals surface area contributed by atoms with Crippen LogP contribution < -0.4 is 5.32 Å². The maximum atomic E-state index is 12.0. The summed E-state index contributed by atoms with van der Waals surface area (Å²) < 4.78 is 5.67. The summed E-state index contributed by atoms with van der Waals surface area (Å²) in [5.41, 5.74) is 4.47. The fourth-order valence-corrected chi connectivity index (χ4v) is 3.42. The van der Waals surface area contributed by atoms with E-state index in [9.17, 15) is 4.79 Å². The fraction of sp³-hybridized carbons (Fsp3) is 0.286. The Morgan fingerprint density at radius 1 is 1.07 bits per heavy atom. The number of hydrogen-bond donors (Lipinski definition) is 1. The highest BCUT2D eigenvalue weighted by atomic mass is 32.2. The first-order chi connectivity index (χ1) is 13.1. The minimum Gasteiger partial charge on any atom is -0.411 e. The normalized spacial score (nSPS) is 10.7. The Labute approximate surface area is 163 Å². The molecule has 3 aromatic rings. The highest BCUT2D eigenvalue weighted by molar-refractivity contribution is 7.99. The van der Waals surface area contributed by atoms with Crippen molar-refractivity contribution in [3.8, 4) is 11.5 Å². The van der Waals surface area contributed by atoms with Crippen LogP contribution in [0.3, 0.4) is 0 Å². The van der Waals surface area contributed by atoms with Crippen molar-refractivity contribution in [3.63, 3.8) is 0 Å². The Hall–Kier alpha value is -2.60. The molecule has 1 N–H and O–H groups in total.